The van der Waals surface area contributed by atoms with Crippen LogP contribution in [-0.4, -0.2) is 5.91 Å². The van der Waals surface area contributed by atoms with Gasteiger partial charge in [0.25, 0.3) is 0 Å². The van der Waals surface area contributed by atoms with E-state index in [1.807, 2.05) is 30.3 Å². The molecule has 0 saturated heterocycles. The fourth-order valence-electron chi connectivity index (χ4n) is 2.34. The van der Waals surface area contributed by atoms with E-state index in [9.17, 15) is 4.79 Å². The Balaban J connectivity index is 1.78. The van der Waals surface area contributed by atoms with Gasteiger partial charge < -0.3 is 15.8 Å². The van der Waals surface area contributed by atoms with Gasteiger partial charge in [-0.15, -0.1) is 0 Å². The van der Waals surface area contributed by atoms with E-state index in [1.54, 1.807) is 6.07 Å². The third-order valence-corrected chi connectivity index (χ3v) is 3.91. The summed E-state index contributed by atoms with van der Waals surface area (Å²) in [5.41, 5.74) is 9.45. The largest absolute Gasteiger partial charge is 0.487 e. The second-order valence-corrected chi connectivity index (χ2v) is 5.93. The number of nitrogen functional groups attached to an aromatic ring is 1. The van der Waals surface area contributed by atoms with Gasteiger partial charge >= 0.3 is 0 Å². The van der Waals surface area contributed by atoms with Gasteiger partial charge in [0.05, 0.1) is 5.69 Å². The van der Waals surface area contributed by atoms with E-state index >= 15 is 0 Å². The van der Waals surface area contributed by atoms with E-state index in [2.05, 4.69) is 21.2 Å². The quantitative estimate of drug-likeness (QED) is 0.836. The second-order valence-electron chi connectivity index (χ2n) is 5.01. The Morgan fingerprint density at radius 3 is 2.90 bits per heavy atom. The van der Waals surface area contributed by atoms with Crippen molar-refractivity contribution in [2.24, 2.45) is 0 Å². The predicted molar refractivity (Wildman–Crippen MR) is 86.3 cm³/mol. The molecule has 0 unspecified atom stereocenters. The first-order valence-electron chi connectivity index (χ1n) is 6.71. The fourth-order valence-corrected chi connectivity index (χ4v) is 2.78. The summed E-state index contributed by atoms with van der Waals surface area (Å²) >= 11 is 3.44. The summed E-state index contributed by atoms with van der Waals surface area (Å²) in [6.45, 7) is 0.453. The van der Waals surface area contributed by atoms with Gasteiger partial charge in [0, 0.05) is 16.6 Å². The summed E-state index contributed by atoms with van der Waals surface area (Å²) in [5, 5.41) is 2.83. The number of aryl methyl sites for hydroxylation is 1. The van der Waals surface area contributed by atoms with Crippen molar-refractivity contribution >= 4 is 33.2 Å². The number of hydrogen-bond acceptors (Lipinski definition) is 3. The van der Waals surface area contributed by atoms with Crippen molar-refractivity contribution in [1.29, 1.82) is 0 Å². The third kappa shape index (κ3) is 3.19. The molecule has 0 radical (unpaired) electrons. The summed E-state index contributed by atoms with van der Waals surface area (Å²) in [7, 11) is 0. The molecule has 3 rings (SSSR count). The number of halogens is 1. The molecule has 0 aromatic heterocycles. The lowest BCUT2D eigenvalue weighted by molar-refractivity contribution is -0.116. The van der Waals surface area contributed by atoms with E-state index < -0.39 is 0 Å². The maximum absolute atomic E-state index is 11.4. The van der Waals surface area contributed by atoms with Gasteiger partial charge in [-0.3, -0.25) is 4.79 Å². The van der Waals surface area contributed by atoms with Crippen LogP contribution < -0.4 is 15.8 Å². The van der Waals surface area contributed by atoms with Crippen LogP contribution in [0.15, 0.2) is 40.9 Å². The number of rotatable bonds is 3. The number of carbonyl (C=O) groups excluding carboxylic acids is 1. The Morgan fingerprint density at radius 1 is 1.24 bits per heavy atom. The highest BCUT2D eigenvalue weighted by Crippen LogP contribution is 2.33. The SMILES string of the molecule is Nc1cc2c(cc1OCc1cccc(Br)c1)CCC(=O)N2. The third-order valence-electron chi connectivity index (χ3n) is 3.41. The minimum Gasteiger partial charge on any atom is -0.487 e. The van der Waals surface area contributed by atoms with Crippen molar-refractivity contribution in [3.05, 3.63) is 52.0 Å². The van der Waals surface area contributed by atoms with Crippen LogP contribution in [0.3, 0.4) is 0 Å². The molecule has 5 heteroatoms. The van der Waals surface area contributed by atoms with Crippen LogP contribution >= 0.6 is 15.9 Å². The maximum atomic E-state index is 11.4. The molecule has 2 aromatic carbocycles. The van der Waals surface area contributed by atoms with Crippen molar-refractivity contribution in [1.82, 2.24) is 0 Å². The number of anilines is 2. The van der Waals surface area contributed by atoms with Gasteiger partial charge in [0.2, 0.25) is 5.91 Å². The van der Waals surface area contributed by atoms with E-state index in [1.165, 1.54) is 0 Å². The van der Waals surface area contributed by atoms with Crippen LogP contribution in [0, 0.1) is 0 Å². The molecule has 4 nitrogen and oxygen atoms in total. The number of carbonyl (C=O) groups is 1. The van der Waals surface area contributed by atoms with Crippen LogP contribution in [0.25, 0.3) is 0 Å². The summed E-state index contributed by atoms with van der Waals surface area (Å²) in [4.78, 5) is 11.4. The number of fused-ring (bicyclic) bond motifs is 1. The summed E-state index contributed by atoms with van der Waals surface area (Å²) in [5.74, 6) is 0.689. The molecule has 1 aliphatic rings. The number of amides is 1. The van der Waals surface area contributed by atoms with Gasteiger partial charge in [0.15, 0.2) is 0 Å². The second kappa shape index (κ2) is 5.77. The first-order valence-corrected chi connectivity index (χ1v) is 7.50. The monoisotopic (exact) mass is 346 g/mol. The zero-order valence-electron chi connectivity index (χ0n) is 11.4. The highest BCUT2D eigenvalue weighted by molar-refractivity contribution is 9.10. The number of hydrogen-bond donors (Lipinski definition) is 2. The van der Waals surface area contributed by atoms with Crippen molar-refractivity contribution in [2.75, 3.05) is 11.1 Å². The molecular formula is C16H15BrN2O2. The van der Waals surface area contributed by atoms with Crippen molar-refractivity contribution in [3.8, 4) is 5.75 Å². The van der Waals surface area contributed by atoms with Crippen molar-refractivity contribution < 1.29 is 9.53 Å². The average Bonchev–Trinajstić information content (AvgIpc) is 2.45. The molecule has 0 spiro atoms. The smallest absolute Gasteiger partial charge is 0.224 e. The van der Waals surface area contributed by atoms with Crippen LogP contribution in [0.1, 0.15) is 17.5 Å². The average molecular weight is 347 g/mol. The Morgan fingerprint density at radius 2 is 2.10 bits per heavy atom. The van der Waals surface area contributed by atoms with Crippen molar-refractivity contribution in [2.45, 2.75) is 19.4 Å². The molecule has 1 heterocycles. The predicted octanol–water partition coefficient (Wildman–Crippen LogP) is 3.50. The molecule has 0 saturated carbocycles. The Hall–Kier alpha value is -2.01. The van der Waals surface area contributed by atoms with Gasteiger partial charge in [-0.05, 0) is 41.8 Å². The molecule has 0 atom stereocenters. The standard InChI is InChI=1S/C16H15BrN2O2/c17-12-3-1-2-10(6-12)9-21-15-7-11-4-5-16(20)19-14(11)8-13(15)18/h1-3,6-8H,4-5,9,18H2,(H,19,20). The van der Waals surface area contributed by atoms with Gasteiger partial charge in [-0.25, -0.2) is 0 Å². The zero-order chi connectivity index (χ0) is 14.8. The number of benzene rings is 2. The van der Waals surface area contributed by atoms with Crippen molar-refractivity contribution in [3.63, 3.8) is 0 Å². The number of ether oxygens (including phenoxy) is 1. The Kier molecular flexibility index (Phi) is 3.84. The van der Waals surface area contributed by atoms with Gasteiger partial charge in [-0.2, -0.15) is 0 Å². The fraction of sp³-hybridized carbons (Fsp3) is 0.188. The topological polar surface area (TPSA) is 64.3 Å². The summed E-state index contributed by atoms with van der Waals surface area (Å²) in [6.07, 6.45) is 1.22. The molecule has 0 aliphatic carbocycles. The molecule has 3 N–H and O–H groups in total. The maximum Gasteiger partial charge on any atom is 0.224 e. The minimum atomic E-state index is 0.0321. The van der Waals surface area contributed by atoms with E-state index in [4.69, 9.17) is 10.5 Å². The lowest BCUT2D eigenvalue weighted by atomic mass is 10.0. The molecule has 0 fully saturated rings. The highest BCUT2D eigenvalue weighted by atomic mass is 79.9. The number of nitrogens with one attached hydrogen (secondary N) is 1. The molecule has 1 amide bonds. The lowest BCUT2D eigenvalue weighted by Crippen LogP contribution is -2.19. The normalized spacial score (nSPS) is 13.5. The van der Waals surface area contributed by atoms with Crippen LogP contribution in [0.4, 0.5) is 11.4 Å². The first-order chi connectivity index (χ1) is 10.1. The summed E-state index contributed by atoms with van der Waals surface area (Å²) in [6, 6.07) is 11.6. The van der Waals surface area contributed by atoms with E-state index in [-0.39, 0.29) is 5.91 Å². The molecule has 108 valence electrons. The Labute approximate surface area is 131 Å². The molecule has 1 aliphatic heterocycles. The first kappa shape index (κ1) is 13.9. The lowest BCUT2D eigenvalue weighted by Gasteiger charge is -2.19. The zero-order valence-corrected chi connectivity index (χ0v) is 12.9. The molecule has 0 bridgehead atoms. The van der Waals surface area contributed by atoms with E-state index in [0.717, 1.165) is 21.3 Å². The molecule has 21 heavy (non-hydrogen) atoms. The van der Waals surface area contributed by atoms with Crippen LogP contribution in [-0.2, 0) is 17.8 Å². The van der Waals surface area contributed by atoms with Gasteiger partial charge in [0.1, 0.15) is 12.4 Å². The minimum absolute atomic E-state index is 0.0321. The Bertz CT molecular complexity index is 701. The number of nitrogens with two attached hydrogens (primary N) is 1. The van der Waals surface area contributed by atoms with Gasteiger partial charge in [-0.1, -0.05) is 28.1 Å². The molecule has 2 aromatic rings. The molecular weight excluding hydrogens is 332 g/mol. The van der Waals surface area contributed by atoms with E-state index in [0.29, 0.717) is 30.9 Å². The summed E-state index contributed by atoms with van der Waals surface area (Å²) < 4.78 is 6.83. The highest BCUT2D eigenvalue weighted by Gasteiger charge is 2.17. The van der Waals surface area contributed by atoms with Crippen LogP contribution in [0.2, 0.25) is 0 Å². The van der Waals surface area contributed by atoms with Crippen LogP contribution in [0.5, 0.6) is 5.75 Å².